The molecule has 2 rings (SSSR count). The lowest BCUT2D eigenvalue weighted by atomic mass is 10.1. The minimum Gasteiger partial charge on any atom is -0.497 e. The molecule has 0 atom stereocenters. The summed E-state index contributed by atoms with van der Waals surface area (Å²) in [7, 11) is 1.66. The Kier molecular flexibility index (Phi) is 3.74. The van der Waals surface area contributed by atoms with Crippen molar-refractivity contribution in [2.45, 2.75) is 26.3 Å². The molecule has 0 aliphatic carbocycles. The van der Waals surface area contributed by atoms with E-state index in [4.69, 9.17) is 4.74 Å². The van der Waals surface area contributed by atoms with E-state index in [0.29, 0.717) is 18.6 Å². The predicted molar refractivity (Wildman–Crippen MR) is 65.0 cm³/mol. The van der Waals surface area contributed by atoms with Crippen LogP contribution < -0.4 is 4.74 Å². The molecule has 0 N–H and O–H groups in total. The topological polar surface area (TPSA) is 42.4 Å². The molecule has 0 saturated carbocycles. The molecule has 1 saturated heterocycles. The van der Waals surface area contributed by atoms with Gasteiger partial charge in [-0.3, -0.25) is 14.7 Å². The third kappa shape index (κ3) is 3.27. The van der Waals surface area contributed by atoms with Crippen LogP contribution in [0.3, 0.4) is 0 Å². The minimum absolute atomic E-state index is 0.371. The summed E-state index contributed by atoms with van der Waals surface area (Å²) in [5, 5.41) is 0. The van der Waals surface area contributed by atoms with E-state index in [-0.39, 0.29) is 0 Å². The maximum Gasteiger partial charge on any atom is 0.135 e. The van der Waals surface area contributed by atoms with Gasteiger partial charge in [-0.05, 0) is 6.92 Å². The molecule has 1 aliphatic rings. The Labute approximate surface area is 102 Å². The van der Waals surface area contributed by atoms with Crippen LogP contribution in [0.2, 0.25) is 0 Å². The zero-order valence-electron chi connectivity index (χ0n) is 10.4. The molecule has 0 spiro atoms. The van der Waals surface area contributed by atoms with Crippen LogP contribution in [0, 0.1) is 6.92 Å². The van der Waals surface area contributed by atoms with Crippen LogP contribution in [0.1, 0.15) is 24.2 Å². The molecule has 4 heteroatoms. The van der Waals surface area contributed by atoms with E-state index in [0.717, 1.165) is 36.8 Å². The Morgan fingerprint density at radius 1 is 1.35 bits per heavy atom. The van der Waals surface area contributed by atoms with Gasteiger partial charge >= 0.3 is 0 Å². The summed E-state index contributed by atoms with van der Waals surface area (Å²) in [5.41, 5.74) is 1.98. The van der Waals surface area contributed by atoms with Crippen molar-refractivity contribution < 1.29 is 9.53 Å². The summed E-state index contributed by atoms with van der Waals surface area (Å²) >= 11 is 0. The van der Waals surface area contributed by atoms with Gasteiger partial charge in [-0.25, -0.2) is 0 Å². The molecule has 0 unspecified atom stereocenters. The molecule has 0 bridgehead atoms. The van der Waals surface area contributed by atoms with Crippen molar-refractivity contribution in [1.29, 1.82) is 0 Å². The van der Waals surface area contributed by atoms with E-state index in [9.17, 15) is 4.79 Å². The van der Waals surface area contributed by atoms with Crippen molar-refractivity contribution in [2.75, 3.05) is 20.2 Å². The molecule has 17 heavy (non-hydrogen) atoms. The number of aromatic nitrogens is 1. The third-order valence-electron chi connectivity index (χ3n) is 3.02. The van der Waals surface area contributed by atoms with Gasteiger partial charge in [-0.2, -0.15) is 0 Å². The highest BCUT2D eigenvalue weighted by Crippen LogP contribution is 2.16. The molecular weight excluding hydrogens is 216 g/mol. The van der Waals surface area contributed by atoms with E-state index in [1.807, 2.05) is 19.1 Å². The summed E-state index contributed by atoms with van der Waals surface area (Å²) < 4.78 is 5.23. The van der Waals surface area contributed by atoms with E-state index in [1.165, 1.54) is 0 Å². The lowest BCUT2D eigenvalue weighted by Crippen LogP contribution is -2.33. The van der Waals surface area contributed by atoms with Crippen molar-refractivity contribution in [3.05, 3.63) is 23.5 Å². The first-order chi connectivity index (χ1) is 8.17. The first kappa shape index (κ1) is 12.0. The molecule has 1 fully saturated rings. The number of hydrogen-bond donors (Lipinski definition) is 0. The Bertz CT molecular complexity index is 408. The minimum atomic E-state index is 0.371. The molecule has 4 nitrogen and oxygen atoms in total. The van der Waals surface area contributed by atoms with Gasteiger partial charge in [0, 0.05) is 50.3 Å². The van der Waals surface area contributed by atoms with Crippen LogP contribution in [0.25, 0.3) is 0 Å². The van der Waals surface area contributed by atoms with Crippen molar-refractivity contribution >= 4 is 5.78 Å². The lowest BCUT2D eigenvalue weighted by molar-refractivity contribution is -0.121. The molecule has 1 aromatic heterocycles. The zero-order chi connectivity index (χ0) is 12.3. The van der Waals surface area contributed by atoms with E-state index >= 15 is 0 Å². The number of Topliss-reactive ketones (excluding diaryl/α,β-unsaturated/α-hetero) is 1. The number of carbonyl (C=O) groups excluding carboxylic acids is 1. The molecule has 0 amide bonds. The van der Waals surface area contributed by atoms with Gasteiger partial charge in [0.05, 0.1) is 12.8 Å². The number of piperidine rings is 1. The van der Waals surface area contributed by atoms with Gasteiger partial charge in [0.2, 0.25) is 0 Å². The van der Waals surface area contributed by atoms with Gasteiger partial charge in [0.1, 0.15) is 11.5 Å². The Hall–Kier alpha value is -1.42. The fourth-order valence-corrected chi connectivity index (χ4v) is 2.09. The molecule has 1 aliphatic heterocycles. The van der Waals surface area contributed by atoms with Gasteiger partial charge in [0.25, 0.3) is 0 Å². The average molecular weight is 234 g/mol. The van der Waals surface area contributed by atoms with Crippen LogP contribution in [-0.2, 0) is 11.3 Å². The number of likely N-dealkylation sites (tertiary alicyclic amines) is 1. The second-order valence-corrected chi connectivity index (χ2v) is 4.45. The highest BCUT2D eigenvalue weighted by molar-refractivity contribution is 5.79. The monoisotopic (exact) mass is 234 g/mol. The molecular formula is C13H18N2O2. The molecule has 1 aromatic rings. The smallest absolute Gasteiger partial charge is 0.135 e. The number of carbonyl (C=O) groups is 1. The second-order valence-electron chi connectivity index (χ2n) is 4.45. The molecule has 92 valence electrons. The SMILES string of the molecule is COc1cc(C)nc(CN2CCC(=O)CC2)c1. The Morgan fingerprint density at radius 3 is 2.71 bits per heavy atom. The van der Waals surface area contributed by atoms with Gasteiger partial charge in [-0.1, -0.05) is 0 Å². The number of ketones is 1. The summed E-state index contributed by atoms with van der Waals surface area (Å²) in [5.74, 6) is 1.22. The number of rotatable bonds is 3. The maximum absolute atomic E-state index is 11.2. The van der Waals surface area contributed by atoms with E-state index in [2.05, 4.69) is 9.88 Å². The van der Waals surface area contributed by atoms with Crippen LogP contribution in [0.5, 0.6) is 5.75 Å². The second kappa shape index (κ2) is 5.27. The fraction of sp³-hybridized carbons (Fsp3) is 0.538. The van der Waals surface area contributed by atoms with Crippen LogP contribution >= 0.6 is 0 Å². The third-order valence-corrected chi connectivity index (χ3v) is 3.02. The van der Waals surface area contributed by atoms with Gasteiger partial charge in [0.15, 0.2) is 0 Å². The molecule has 0 aromatic carbocycles. The standard InChI is InChI=1S/C13H18N2O2/c1-10-7-13(17-2)8-11(14-10)9-15-5-3-12(16)4-6-15/h7-8H,3-6,9H2,1-2H3. The van der Waals surface area contributed by atoms with Gasteiger partial charge in [-0.15, -0.1) is 0 Å². The van der Waals surface area contributed by atoms with Gasteiger partial charge < -0.3 is 4.74 Å². The van der Waals surface area contributed by atoms with Crippen molar-refractivity contribution in [1.82, 2.24) is 9.88 Å². The zero-order valence-corrected chi connectivity index (χ0v) is 10.4. The predicted octanol–water partition coefficient (Wildman–Crippen LogP) is 1.56. The van der Waals surface area contributed by atoms with E-state index in [1.54, 1.807) is 7.11 Å². The summed E-state index contributed by atoms with van der Waals surface area (Å²) in [6.07, 6.45) is 1.34. The number of ether oxygens (including phenoxy) is 1. The average Bonchev–Trinajstić information content (AvgIpc) is 2.31. The maximum atomic E-state index is 11.2. The van der Waals surface area contributed by atoms with Crippen molar-refractivity contribution in [2.24, 2.45) is 0 Å². The number of nitrogens with zero attached hydrogens (tertiary/aromatic N) is 2. The first-order valence-electron chi connectivity index (χ1n) is 5.93. The number of methoxy groups -OCH3 is 1. The van der Waals surface area contributed by atoms with Crippen LogP contribution in [0.4, 0.5) is 0 Å². The first-order valence-corrected chi connectivity index (χ1v) is 5.93. The fourth-order valence-electron chi connectivity index (χ4n) is 2.09. The highest BCUT2D eigenvalue weighted by atomic mass is 16.5. The van der Waals surface area contributed by atoms with Crippen LogP contribution in [0.15, 0.2) is 12.1 Å². The number of hydrogen-bond acceptors (Lipinski definition) is 4. The highest BCUT2D eigenvalue weighted by Gasteiger charge is 2.16. The normalized spacial score (nSPS) is 17.2. The van der Waals surface area contributed by atoms with E-state index < -0.39 is 0 Å². The summed E-state index contributed by atoms with van der Waals surface area (Å²) in [6.45, 7) is 4.45. The van der Waals surface area contributed by atoms with Crippen LogP contribution in [-0.4, -0.2) is 35.9 Å². The molecule has 2 heterocycles. The quantitative estimate of drug-likeness (QED) is 0.796. The van der Waals surface area contributed by atoms with Crippen molar-refractivity contribution in [3.63, 3.8) is 0 Å². The number of aryl methyl sites for hydroxylation is 1. The summed E-state index contributed by atoms with van der Waals surface area (Å²) in [4.78, 5) is 17.9. The number of pyridine rings is 1. The summed E-state index contributed by atoms with van der Waals surface area (Å²) in [6, 6.07) is 3.88. The largest absolute Gasteiger partial charge is 0.497 e. The Morgan fingerprint density at radius 2 is 2.06 bits per heavy atom. The lowest BCUT2D eigenvalue weighted by Gasteiger charge is -2.25. The molecule has 0 radical (unpaired) electrons. The Balaban J connectivity index is 2.02. The van der Waals surface area contributed by atoms with Crippen molar-refractivity contribution in [3.8, 4) is 5.75 Å².